The van der Waals surface area contributed by atoms with Gasteiger partial charge in [-0.2, -0.15) is 0 Å². The third kappa shape index (κ3) is 6.06. The van der Waals surface area contributed by atoms with Crippen LogP contribution in [0.5, 0.6) is 0 Å². The third-order valence-corrected chi connectivity index (χ3v) is 1.82. The van der Waals surface area contributed by atoms with Crippen molar-refractivity contribution in [2.75, 3.05) is 6.61 Å². The summed E-state index contributed by atoms with van der Waals surface area (Å²) in [5, 5.41) is 18.9. The van der Waals surface area contributed by atoms with E-state index in [4.69, 9.17) is 9.84 Å². The molecule has 0 aromatic carbocycles. The number of hydrogen-bond donors (Lipinski definition) is 1. The van der Waals surface area contributed by atoms with Gasteiger partial charge in [-0.1, -0.05) is 0 Å². The zero-order valence-electron chi connectivity index (χ0n) is 9.06. The quantitative estimate of drug-likeness (QED) is 0.395. The molecule has 15 heavy (non-hydrogen) atoms. The topological polar surface area (TPSA) is 83.5 Å². The maximum atomic E-state index is 11.3. The van der Waals surface area contributed by atoms with E-state index in [1.165, 1.54) is 0 Å². The summed E-state index contributed by atoms with van der Waals surface area (Å²) in [7, 11) is 0. The lowest BCUT2D eigenvalue weighted by atomic mass is 10.0. The second kappa shape index (κ2) is 7.23. The van der Waals surface area contributed by atoms with Gasteiger partial charge in [0.05, 0.1) is 12.7 Å². The molecule has 1 unspecified atom stereocenters. The van der Waals surface area contributed by atoms with Crippen LogP contribution in [-0.4, -0.2) is 29.8 Å². The molecule has 0 heterocycles. The fraction of sp³-hybridized carbons (Fsp3) is 0.800. The van der Waals surface area contributed by atoms with Crippen molar-refractivity contribution in [2.45, 2.75) is 39.2 Å². The smallest absolute Gasteiger partial charge is 0.320 e. The van der Waals surface area contributed by atoms with Gasteiger partial charge in [-0.05, 0) is 33.1 Å². The summed E-state index contributed by atoms with van der Waals surface area (Å²) in [6.45, 7) is 3.08. The molecule has 0 rings (SSSR count). The van der Waals surface area contributed by atoms with Gasteiger partial charge < -0.3 is 9.84 Å². The first-order chi connectivity index (χ1) is 6.99. The van der Waals surface area contributed by atoms with Crippen molar-refractivity contribution in [3.8, 4) is 0 Å². The van der Waals surface area contributed by atoms with Crippen LogP contribution < -0.4 is 0 Å². The molecule has 1 N–H and O–H groups in total. The third-order valence-electron chi connectivity index (χ3n) is 1.82. The molecule has 0 aliphatic heterocycles. The highest BCUT2D eigenvalue weighted by atomic mass is 16.5. The van der Waals surface area contributed by atoms with Crippen molar-refractivity contribution in [1.82, 2.24) is 0 Å². The highest BCUT2D eigenvalue weighted by molar-refractivity contribution is 5.93. The Balaban J connectivity index is 4.14. The van der Waals surface area contributed by atoms with E-state index < -0.39 is 17.9 Å². The lowest BCUT2D eigenvalue weighted by Gasteiger charge is -2.13. The average molecular weight is 217 g/mol. The molecule has 1 radical (unpaired) electrons. The van der Waals surface area contributed by atoms with Crippen molar-refractivity contribution in [3.05, 3.63) is 0 Å². The predicted octanol–water partition coefficient (Wildman–Crippen LogP) is 1.24. The van der Waals surface area contributed by atoms with E-state index in [0.29, 0.717) is 12.8 Å². The number of hydrogen-bond acceptors (Lipinski definition) is 3. The van der Waals surface area contributed by atoms with Crippen LogP contribution in [0.4, 0.5) is 0 Å². The summed E-state index contributed by atoms with van der Waals surface area (Å²) in [5.41, 5.74) is 0. The van der Waals surface area contributed by atoms with Crippen LogP contribution in [0.25, 0.3) is 0 Å². The summed E-state index contributed by atoms with van der Waals surface area (Å²) in [6.07, 6.45) is 0.675. The summed E-state index contributed by atoms with van der Waals surface area (Å²) < 4.78 is 4.81. The van der Waals surface area contributed by atoms with Crippen LogP contribution in [0, 0.1) is 5.92 Å². The Morgan fingerprint density at radius 1 is 1.27 bits per heavy atom. The second-order valence-electron chi connectivity index (χ2n) is 3.58. The molecular formula is C10H17O5. The highest BCUT2D eigenvalue weighted by Crippen LogP contribution is 2.12. The van der Waals surface area contributed by atoms with Crippen molar-refractivity contribution in [2.24, 2.45) is 5.92 Å². The van der Waals surface area contributed by atoms with E-state index in [0.717, 1.165) is 0 Å². The lowest BCUT2D eigenvalue weighted by Crippen LogP contribution is -2.28. The molecule has 5 nitrogen and oxygen atoms in total. The normalized spacial score (nSPS) is 12.5. The van der Waals surface area contributed by atoms with Crippen molar-refractivity contribution in [3.63, 3.8) is 0 Å². The number of carboxylic acids is 1. The van der Waals surface area contributed by atoms with Gasteiger partial charge in [0.25, 0.3) is 0 Å². The van der Waals surface area contributed by atoms with Crippen LogP contribution >= 0.6 is 0 Å². The highest BCUT2D eigenvalue weighted by Gasteiger charge is 2.27. The molecular weight excluding hydrogens is 200 g/mol. The first-order valence-electron chi connectivity index (χ1n) is 5.00. The van der Waals surface area contributed by atoms with Gasteiger partial charge in [0.1, 0.15) is 0 Å². The Morgan fingerprint density at radius 2 is 1.87 bits per heavy atom. The minimum Gasteiger partial charge on any atom is -0.481 e. The molecule has 0 aromatic rings. The van der Waals surface area contributed by atoms with Crippen molar-refractivity contribution in [1.29, 1.82) is 0 Å². The van der Waals surface area contributed by atoms with E-state index in [1.54, 1.807) is 13.8 Å². The SMILES string of the molecule is CC(C)OC(=O)C(CCCC[O])C(=O)O. The number of esters is 1. The molecule has 0 aliphatic rings. The number of ether oxygens (including phenoxy) is 1. The molecule has 5 heteroatoms. The lowest BCUT2D eigenvalue weighted by molar-refractivity contribution is -0.161. The van der Waals surface area contributed by atoms with Crippen LogP contribution in [-0.2, 0) is 19.4 Å². The number of carbonyl (C=O) groups excluding carboxylic acids is 1. The largest absolute Gasteiger partial charge is 0.481 e. The minimum atomic E-state index is -1.19. The minimum absolute atomic E-state index is 0.170. The number of aliphatic carboxylic acids is 1. The molecule has 0 bridgehead atoms. The second-order valence-corrected chi connectivity index (χ2v) is 3.58. The van der Waals surface area contributed by atoms with Crippen LogP contribution in [0.2, 0.25) is 0 Å². The summed E-state index contributed by atoms with van der Waals surface area (Å²) >= 11 is 0. The molecule has 0 fully saturated rings. The zero-order valence-corrected chi connectivity index (χ0v) is 9.06. The van der Waals surface area contributed by atoms with Gasteiger partial charge in [0.15, 0.2) is 5.92 Å². The zero-order chi connectivity index (χ0) is 11.8. The fourth-order valence-corrected chi connectivity index (χ4v) is 1.11. The van der Waals surface area contributed by atoms with E-state index in [9.17, 15) is 14.7 Å². The predicted molar refractivity (Wildman–Crippen MR) is 51.8 cm³/mol. The number of unbranched alkanes of at least 4 members (excludes halogenated alkanes) is 1. The summed E-state index contributed by atoms with van der Waals surface area (Å²) in [6, 6.07) is 0. The van der Waals surface area contributed by atoms with Gasteiger partial charge in [-0.3, -0.25) is 9.59 Å². The van der Waals surface area contributed by atoms with Crippen molar-refractivity contribution < 1.29 is 24.5 Å². The first kappa shape index (κ1) is 13.9. The maximum Gasteiger partial charge on any atom is 0.320 e. The van der Waals surface area contributed by atoms with Gasteiger partial charge in [-0.15, -0.1) is 0 Å². The number of carboxylic acid groups (broad SMARTS) is 1. The molecule has 87 valence electrons. The van der Waals surface area contributed by atoms with Crippen LogP contribution in [0.15, 0.2) is 0 Å². The van der Waals surface area contributed by atoms with E-state index in [2.05, 4.69) is 0 Å². The first-order valence-corrected chi connectivity index (χ1v) is 5.00. The molecule has 0 aromatic heterocycles. The van der Waals surface area contributed by atoms with E-state index in [1.807, 2.05) is 0 Å². The molecule has 0 spiro atoms. The molecule has 1 atom stereocenters. The Labute approximate surface area is 89.0 Å². The number of rotatable bonds is 7. The summed E-state index contributed by atoms with van der Waals surface area (Å²) in [4.78, 5) is 22.0. The van der Waals surface area contributed by atoms with E-state index in [-0.39, 0.29) is 19.1 Å². The van der Waals surface area contributed by atoms with Crippen molar-refractivity contribution >= 4 is 11.9 Å². The monoisotopic (exact) mass is 217 g/mol. The Morgan fingerprint density at radius 3 is 2.27 bits per heavy atom. The van der Waals surface area contributed by atoms with Crippen LogP contribution in [0.1, 0.15) is 33.1 Å². The Kier molecular flexibility index (Phi) is 6.70. The molecule has 0 saturated carbocycles. The standard InChI is InChI=1S/C10H17O5/c1-7(2)15-10(14)8(9(12)13)5-3-4-6-11/h7-8H,3-6H2,1-2H3,(H,12,13). The average Bonchev–Trinajstić information content (AvgIpc) is 2.10. The Hall–Kier alpha value is -1.10. The van der Waals surface area contributed by atoms with Gasteiger partial charge >= 0.3 is 11.9 Å². The van der Waals surface area contributed by atoms with Gasteiger partial charge in [0, 0.05) is 0 Å². The summed E-state index contributed by atoms with van der Waals surface area (Å²) in [5.74, 6) is -3.05. The number of carbonyl (C=O) groups is 2. The van der Waals surface area contributed by atoms with E-state index >= 15 is 0 Å². The maximum absolute atomic E-state index is 11.3. The Bertz CT molecular complexity index is 212. The van der Waals surface area contributed by atoms with Gasteiger partial charge in [0.2, 0.25) is 0 Å². The molecule has 0 saturated heterocycles. The molecule has 0 amide bonds. The molecule has 0 aliphatic carbocycles. The van der Waals surface area contributed by atoms with Crippen LogP contribution in [0.3, 0.4) is 0 Å². The van der Waals surface area contributed by atoms with Gasteiger partial charge in [-0.25, -0.2) is 5.11 Å². The fourth-order valence-electron chi connectivity index (χ4n) is 1.11.